The number of carbonyl (C=O) groups is 3. The number of fused-ring (bicyclic) bond motifs is 1. The third kappa shape index (κ3) is 6.21. The number of nitrogens with one attached hydrogen (secondary N) is 2. The minimum absolute atomic E-state index is 0.171. The molecule has 2 fully saturated rings. The highest BCUT2D eigenvalue weighted by Gasteiger charge is 2.31. The van der Waals surface area contributed by atoms with Gasteiger partial charge in [0.1, 0.15) is 11.6 Å². The fourth-order valence-electron chi connectivity index (χ4n) is 4.57. The molecule has 2 N–H and O–H groups in total. The number of aryl methyl sites for hydroxylation is 1. The van der Waals surface area contributed by atoms with Crippen LogP contribution in [0.25, 0.3) is 11.0 Å². The number of nitrogens with zero attached hydrogens (tertiary/aromatic N) is 3. The summed E-state index contributed by atoms with van der Waals surface area (Å²) in [5, 5.41) is 5.07. The third-order valence-corrected chi connectivity index (χ3v) is 6.25. The Bertz CT molecular complexity index is 1330. The first-order valence-corrected chi connectivity index (χ1v) is 12.4. The Kier molecular flexibility index (Phi) is 7.71. The molecule has 0 aliphatic carbocycles. The second-order valence-electron chi connectivity index (χ2n) is 10.3. The molecular weight excluding hydrogens is 478 g/mol. The van der Waals surface area contributed by atoms with Crippen LogP contribution in [0.4, 0.5) is 4.79 Å². The zero-order valence-electron chi connectivity index (χ0n) is 21.6. The van der Waals surface area contributed by atoms with E-state index in [1.807, 2.05) is 26.8 Å². The van der Waals surface area contributed by atoms with Crippen LogP contribution in [0.3, 0.4) is 0 Å². The predicted molar refractivity (Wildman–Crippen MR) is 136 cm³/mol. The summed E-state index contributed by atoms with van der Waals surface area (Å²) in [4.78, 5) is 51.1. The van der Waals surface area contributed by atoms with E-state index in [1.54, 1.807) is 19.2 Å². The number of amides is 3. The van der Waals surface area contributed by atoms with Gasteiger partial charge in [0.15, 0.2) is 0 Å². The number of carbonyl (C=O) groups excluding carboxylic acids is 3. The van der Waals surface area contributed by atoms with Gasteiger partial charge < -0.3 is 14.8 Å². The molecule has 11 heteroatoms. The van der Waals surface area contributed by atoms with Gasteiger partial charge in [0.25, 0.3) is 0 Å². The van der Waals surface area contributed by atoms with Crippen LogP contribution in [0, 0.1) is 11.8 Å². The highest BCUT2D eigenvalue weighted by atomic mass is 16.6. The van der Waals surface area contributed by atoms with Crippen LogP contribution in [-0.2, 0) is 26.1 Å². The molecule has 2 aliphatic rings. The summed E-state index contributed by atoms with van der Waals surface area (Å²) in [5.41, 5.74) is 1.04. The normalized spacial score (nSPS) is 20.8. The third-order valence-electron chi connectivity index (χ3n) is 6.25. The van der Waals surface area contributed by atoms with Gasteiger partial charge in [-0.25, -0.2) is 9.59 Å². The zero-order chi connectivity index (χ0) is 26.7. The molecule has 0 bridgehead atoms. The quantitative estimate of drug-likeness (QED) is 0.462. The van der Waals surface area contributed by atoms with Gasteiger partial charge in [0, 0.05) is 33.1 Å². The molecule has 2 aliphatic heterocycles. The molecule has 1 aromatic heterocycles. The molecule has 11 nitrogen and oxygen atoms in total. The first kappa shape index (κ1) is 26.4. The largest absolute Gasteiger partial charge is 0.444 e. The Morgan fingerprint density at radius 1 is 1.27 bits per heavy atom. The summed E-state index contributed by atoms with van der Waals surface area (Å²) in [6.45, 7) is 8.12. The van der Waals surface area contributed by atoms with Gasteiger partial charge in [-0.15, -0.1) is 0 Å². The molecule has 1 unspecified atom stereocenters. The summed E-state index contributed by atoms with van der Waals surface area (Å²) in [5.74, 6) is 5.57. The number of aromatic nitrogens is 2. The van der Waals surface area contributed by atoms with Crippen molar-refractivity contribution >= 4 is 28.9 Å². The van der Waals surface area contributed by atoms with Crippen molar-refractivity contribution in [2.24, 2.45) is 7.05 Å². The van der Waals surface area contributed by atoms with E-state index in [0.717, 1.165) is 0 Å². The van der Waals surface area contributed by atoms with E-state index in [0.29, 0.717) is 49.4 Å². The number of imidazole rings is 1. The first-order chi connectivity index (χ1) is 17.5. The number of rotatable bonds is 4. The molecule has 1 aromatic carbocycles. The van der Waals surface area contributed by atoms with E-state index in [-0.39, 0.29) is 30.5 Å². The van der Waals surface area contributed by atoms with E-state index >= 15 is 0 Å². The predicted octanol–water partition coefficient (Wildman–Crippen LogP) is 0.895. The molecule has 0 spiro atoms. The molecule has 2 atom stereocenters. The lowest BCUT2D eigenvalue weighted by atomic mass is 10.1. The van der Waals surface area contributed by atoms with Crippen molar-refractivity contribution < 1.29 is 23.9 Å². The van der Waals surface area contributed by atoms with E-state index in [9.17, 15) is 19.2 Å². The number of para-hydroxylation sites is 1. The lowest BCUT2D eigenvalue weighted by Gasteiger charge is -2.31. The fourth-order valence-corrected chi connectivity index (χ4v) is 4.57. The van der Waals surface area contributed by atoms with Gasteiger partial charge in [-0.3, -0.25) is 28.9 Å². The molecule has 2 aromatic rings. The minimum Gasteiger partial charge on any atom is -0.444 e. The minimum atomic E-state index is -0.739. The van der Waals surface area contributed by atoms with Gasteiger partial charge in [-0.1, -0.05) is 17.9 Å². The Hall–Kier alpha value is -3.62. The second-order valence-corrected chi connectivity index (χ2v) is 10.3. The highest BCUT2D eigenvalue weighted by molar-refractivity contribution is 6.00. The lowest BCUT2D eigenvalue weighted by molar-refractivity contribution is -0.135. The summed E-state index contributed by atoms with van der Waals surface area (Å²) in [6, 6.07) is 4.70. The number of hydrogen-bond donors (Lipinski definition) is 2. The zero-order valence-corrected chi connectivity index (χ0v) is 21.6. The second kappa shape index (κ2) is 10.8. The van der Waals surface area contributed by atoms with Crippen molar-refractivity contribution in [1.82, 2.24) is 24.7 Å². The van der Waals surface area contributed by atoms with Crippen molar-refractivity contribution in [1.29, 1.82) is 0 Å². The van der Waals surface area contributed by atoms with E-state index in [1.165, 1.54) is 9.13 Å². The lowest BCUT2D eigenvalue weighted by Crippen LogP contribution is -2.48. The first-order valence-electron chi connectivity index (χ1n) is 12.4. The SMILES string of the molecule is Cn1c(=O)n(C2CCC(=O)NC2=O)c2cccc(C#CCN3CCO[C@@H](CNC(=O)OC(C)(C)C)C3)c21. The van der Waals surface area contributed by atoms with Crippen LogP contribution < -0.4 is 16.3 Å². The monoisotopic (exact) mass is 511 g/mol. The molecule has 0 radical (unpaired) electrons. The van der Waals surface area contributed by atoms with Gasteiger partial charge in [-0.2, -0.15) is 0 Å². The summed E-state index contributed by atoms with van der Waals surface area (Å²) < 4.78 is 14.0. The van der Waals surface area contributed by atoms with Gasteiger partial charge in [0.05, 0.1) is 35.9 Å². The number of ether oxygens (including phenoxy) is 2. The number of imide groups is 1. The van der Waals surface area contributed by atoms with Crippen molar-refractivity contribution in [3.8, 4) is 11.8 Å². The van der Waals surface area contributed by atoms with E-state index in [2.05, 4.69) is 27.4 Å². The topological polar surface area (TPSA) is 124 Å². The molecule has 4 rings (SSSR count). The van der Waals surface area contributed by atoms with Crippen molar-refractivity contribution in [3.63, 3.8) is 0 Å². The van der Waals surface area contributed by atoms with Crippen LogP contribution in [0.1, 0.15) is 45.2 Å². The molecule has 0 saturated carbocycles. The Morgan fingerprint density at radius 2 is 2.05 bits per heavy atom. The van der Waals surface area contributed by atoms with Crippen LogP contribution in [0.2, 0.25) is 0 Å². The van der Waals surface area contributed by atoms with E-state index < -0.39 is 23.6 Å². The van der Waals surface area contributed by atoms with Gasteiger partial charge in [0.2, 0.25) is 11.8 Å². The number of piperidine rings is 1. The Labute approximate surface area is 215 Å². The Balaban J connectivity index is 1.45. The summed E-state index contributed by atoms with van der Waals surface area (Å²) in [6.07, 6.45) is -0.182. The van der Waals surface area contributed by atoms with Crippen LogP contribution in [-0.4, -0.2) is 76.4 Å². The number of benzene rings is 1. The molecule has 3 heterocycles. The average Bonchev–Trinajstić information content (AvgIpc) is 3.08. The maximum atomic E-state index is 13.1. The van der Waals surface area contributed by atoms with Crippen molar-refractivity contribution in [2.75, 3.05) is 32.8 Å². The highest BCUT2D eigenvalue weighted by Crippen LogP contribution is 2.24. The number of morpholine rings is 1. The maximum absolute atomic E-state index is 13.1. The van der Waals surface area contributed by atoms with Crippen molar-refractivity contribution in [3.05, 3.63) is 34.2 Å². The molecule has 198 valence electrons. The van der Waals surface area contributed by atoms with Gasteiger partial charge in [-0.05, 0) is 39.3 Å². The number of hydrogen-bond acceptors (Lipinski definition) is 7. The Morgan fingerprint density at radius 3 is 2.78 bits per heavy atom. The molecular formula is C26H33N5O6. The molecule has 2 saturated heterocycles. The average molecular weight is 512 g/mol. The summed E-state index contributed by atoms with van der Waals surface area (Å²) in [7, 11) is 1.66. The van der Waals surface area contributed by atoms with Crippen LogP contribution >= 0.6 is 0 Å². The summed E-state index contributed by atoms with van der Waals surface area (Å²) >= 11 is 0. The molecule has 37 heavy (non-hydrogen) atoms. The fraction of sp³-hybridized carbons (Fsp3) is 0.538. The molecule has 3 amide bonds. The maximum Gasteiger partial charge on any atom is 0.407 e. The van der Waals surface area contributed by atoms with Crippen LogP contribution in [0.5, 0.6) is 0 Å². The standard InChI is InChI=1S/C26H33N5O6/c1-26(2,3)37-24(34)27-15-18-16-30(13-14-36-18)12-6-8-17-7-5-9-19-22(17)29(4)25(35)31(19)20-10-11-21(32)28-23(20)33/h5,7,9,18,20H,10-16H2,1-4H3,(H,27,34)(H,28,32,33)/t18-,20?/m0/s1. The van der Waals surface area contributed by atoms with Crippen molar-refractivity contribution in [2.45, 2.75) is 51.4 Å². The van der Waals surface area contributed by atoms with Gasteiger partial charge >= 0.3 is 11.8 Å². The number of alkyl carbamates (subject to hydrolysis) is 1. The van der Waals surface area contributed by atoms with E-state index in [4.69, 9.17) is 9.47 Å². The smallest absolute Gasteiger partial charge is 0.407 e. The van der Waals surface area contributed by atoms with Crippen LogP contribution in [0.15, 0.2) is 23.0 Å².